The van der Waals surface area contributed by atoms with Gasteiger partial charge < -0.3 is 5.11 Å². The monoisotopic (exact) mass is 208 g/mol. The minimum Gasteiger partial charge on any atom is -0.392 e. The molecule has 0 saturated heterocycles. The Labute approximate surface area is 93.6 Å². The summed E-state index contributed by atoms with van der Waals surface area (Å²) in [5.41, 5.74) is 2.11. The summed E-state index contributed by atoms with van der Waals surface area (Å²) >= 11 is 0. The molecule has 15 heavy (non-hydrogen) atoms. The van der Waals surface area contributed by atoms with Gasteiger partial charge in [0.05, 0.1) is 6.61 Å². The first kappa shape index (κ1) is 11.2. The number of fused-ring (bicyclic) bond motifs is 1. The Morgan fingerprint density at radius 1 is 1.40 bits per heavy atom. The lowest BCUT2D eigenvalue weighted by molar-refractivity contribution is 0.140. The average molecular weight is 208 g/mol. The van der Waals surface area contributed by atoms with Gasteiger partial charge in [-0.05, 0) is 48.3 Å². The minimum atomic E-state index is 0.161. The summed E-state index contributed by atoms with van der Waals surface area (Å²) < 4.78 is 0. The van der Waals surface area contributed by atoms with E-state index in [1.165, 1.54) is 19.3 Å². The molecule has 0 aromatic heterocycles. The van der Waals surface area contributed by atoms with Crippen molar-refractivity contribution in [3.63, 3.8) is 0 Å². The molecule has 2 aliphatic carbocycles. The third kappa shape index (κ3) is 1.56. The standard InChI is InChI=1S/C14H24O/c1-10(9-15)5-6-11-7-12-8-14(12,4)13(11,2)3/h11-12,15H,1,5-9H2,2-4H3. The minimum absolute atomic E-state index is 0.161. The summed E-state index contributed by atoms with van der Waals surface area (Å²) in [6.07, 6.45) is 5.07. The van der Waals surface area contributed by atoms with Crippen LogP contribution in [0.15, 0.2) is 12.2 Å². The van der Waals surface area contributed by atoms with Crippen molar-refractivity contribution < 1.29 is 5.11 Å². The topological polar surface area (TPSA) is 20.2 Å². The maximum absolute atomic E-state index is 8.95. The Bertz CT molecular complexity index is 279. The predicted molar refractivity (Wildman–Crippen MR) is 63.6 cm³/mol. The molecule has 2 fully saturated rings. The highest BCUT2D eigenvalue weighted by Crippen LogP contribution is 2.74. The lowest BCUT2D eigenvalue weighted by Crippen LogP contribution is -2.28. The maximum Gasteiger partial charge on any atom is 0.0639 e. The van der Waals surface area contributed by atoms with Gasteiger partial charge in [-0.15, -0.1) is 0 Å². The van der Waals surface area contributed by atoms with E-state index < -0.39 is 0 Å². The van der Waals surface area contributed by atoms with Gasteiger partial charge in [0.2, 0.25) is 0 Å². The van der Waals surface area contributed by atoms with E-state index >= 15 is 0 Å². The van der Waals surface area contributed by atoms with Crippen LogP contribution in [0.2, 0.25) is 0 Å². The first-order chi connectivity index (χ1) is 6.91. The van der Waals surface area contributed by atoms with E-state index in [-0.39, 0.29) is 6.61 Å². The van der Waals surface area contributed by atoms with Crippen LogP contribution in [0.1, 0.15) is 46.5 Å². The summed E-state index contributed by atoms with van der Waals surface area (Å²) in [6, 6.07) is 0. The van der Waals surface area contributed by atoms with Crippen molar-refractivity contribution in [3.8, 4) is 0 Å². The molecule has 0 amide bonds. The normalized spacial score (nSPS) is 41.3. The smallest absolute Gasteiger partial charge is 0.0639 e. The zero-order valence-electron chi connectivity index (χ0n) is 10.3. The molecule has 0 radical (unpaired) electrons. The highest BCUT2D eigenvalue weighted by molar-refractivity contribution is 5.16. The Morgan fingerprint density at radius 3 is 2.53 bits per heavy atom. The van der Waals surface area contributed by atoms with E-state index in [0.717, 1.165) is 23.8 Å². The van der Waals surface area contributed by atoms with Crippen LogP contribution >= 0.6 is 0 Å². The van der Waals surface area contributed by atoms with Gasteiger partial charge in [-0.3, -0.25) is 0 Å². The molecule has 0 aliphatic heterocycles. The molecule has 0 bridgehead atoms. The van der Waals surface area contributed by atoms with E-state index in [9.17, 15) is 0 Å². The molecule has 2 rings (SSSR count). The quantitative estimate of drug-likeness (QED) is 0.702. The van der Waals surface area contributed by atoms with Crippen LogP contribution in [0.25, 0.3) is 0 Å². The van der Waals surface area contributed by atoms with Crippen molar-refractivity contribution in [2.45, 2.75) is 46.5 Å². The number of hydrogen-bond donors (Lipinski definition) is 1. The van der Waals surface area contributed by atoms with Gasteiger partial charge in [0.15, 0.2) is 0 Å². The van der Waals surface area contributed by atoms with Crippen LogP contribution in [0.5, 0.6) is 0 Å². The van der Waals surface area contributed by atoms with Crippen molar-refractivity contribution >= 4 is 0 Å². The third-order valence-corrected chi connectivity index (χ3v) is 5.54. The second-order valence-electron chi connectivity index (χ2n) is 6.42. The van der Waals surface area contributed by atoms with Crippen molar-refractivity contribution in [2.24, 2.45) is 22.7 Å². The maximum atomic E-state index is 8.95. The first-order valence-corrected chi connectivity index (χ1v) is 6.19. The summed E-state index contributed by atoms with van der Waals surface area (Å²) in [5, 5.41) is 8.95. The first-order valence-electron chi connectivity index (χ1n) is 6.19. The lowest BCUT2D eigenvalue weighted by Gasteiger charge is -2.35. The van der Waals surface area contributed by atoms with Crippen LogP contribution in [0, 0.1) is 22.7 Å². The van der Waals surface area contributed by atoms with E-state index in [2.05, 4.69) is 27.4 Å². The van der Waals surface area contributed by atoms with E-state index in [0.29, 0.717) is 10.8 Å². The molecule has 3 unspecified atom stereocenters. The fourth-order valence-electron chi connectivity index (χ4n) is 3.63. The zero-order chi connectivity index (χ0) is 11.3. The SMILES string of the molecule is C=C(CO)CCC1CC2CC2(C)C1(C)C. The van der Waals surface area contributed by atoms with Crippen molar-refractivity contribution in [3.05, 3.63) is 12.2 Å². The van der Waals surface area contributed by atoms with Gasteiger partial charge in [0.1, 0.15) is 0 Å². The average Bonchev–Trinajstić information content (AvgIpc) is 2.80. The number of hydrogen-bond acceptors (Lipinski definition) is 1. The number of aliphatic hydroxyl groups excluding tert-OH is 1. The van der Waals surface area contributed by atoms with E-state index in [1.54, 1.807) is 0 Å². The second-order valence-corrected chi connectivity index (χ2v) is 6.42. The van der Waals surface area contributed by atoms with Gasteiger partial charge in [-0.1, -0.05) is 32.9 Å². The Kier molecular flexibility index (Phi) is 2.50. The highest BCUT2D eigenvalue weighted by Gasteiger charge is 2.66. The Balaban J connectivity index is 1.93. The van der Waals surface area contributed by atoms with E-state index in [1.807, 2.05) is 0 Å². The fraction of sp³-hybridized carbons (Fsp3) is 0.857. The van der Waals surface area contributed by atoms with Gasteiger partial charge >= 0.3 is 0 Å². The van der Waals surface area contributed by atoms with E-state index in [4.69, 9.17) is 5.11 Å². The summed E-state index contributed by atoms with van der Waals surface area (Å²) in [6.45, 7) is 11.4. The van der Waals surface area contributed by atoms with Crippen LogP contribution < -0.4 is 0 Å². The van der Waals surface area contributed by atoms with Gasteiger partial charge in [0, 0.05) is 0 Å². The molecular weight excluding hydrogens is 184 g/mol. The van der Waals surface area contributed by atoms with Gasteiger partial charge in [-0.2, -0.15) is 0 Å². The summed E-state index contributed by atoms with van der Waals surface area (Å²) in [4.78, 5) is 0. The second kappa shape index (κ2) is 3.35. The third-order valence-electron chi connectivity index (χ3n) is 5.54. The fourth-order valence-corrected chi connectivity index (χ4v) is 3.63. The molecule has 1 nitrogen and oxygen atoms in total. The molecule has 2 aliphatic rings. The molecular formula is C14H24O. The molecule has 1 N–H and O–H groups in total. The largest absolute Gasteiger partial charge is 0.392 e. The van der Waals surface area contributed by atoms with Crippen molar-refractivity contribution in [2.75, 3.05) is 6.61 Å². The van der Waals surface area contributed by atoms with Crippen molar-refractivity contribution in [1.82, 2.24) is 0 Å². The molecule has 0 heterocycles. The molecule has 0 spiro atoms. The molecule has 2 saturated carbocycles. The zero-order valence-corrected chi connectivity index (χ0v) is 10.3. The lowest BCUT2D eigenvalue weighted by atomic mass is 9.69. The Morgan fingerprint density at radius 2 is 2.07 bits per heavy atom. The van der Waals surface area contributed by atoms with Gasteiger partial charge in [-0.25, -0.2) is 0 Å². The molecule has 1 heteroatoms. The molecule has 86 valence electrons. The highest BCUT2D eigenvalue weighted by atomic mass is 16.3. The van der Waals surface area contributed by atoms with Crippen LogP contribution in [-0.2, 0) is 0 Å². The number of rotatable bonds is 4. The molecule has 0 aromatic rings. The number of aliphatic hydroxyl groups is 1. The van der Waals surface area contributed by atoms with Crippen LogP contribution in [0.4, 0.5) is 0 Å². The molecule has 0 aromatic carbocycles. The summed E-state index contributed by atoms with van der Waals surface area (Å²) in [7, 11) is 0. The Hall–Kier alpha value is -0.300. The molecule has 3 atom stereocenters. The van der Waals surface area contributed by atoms with Gasteiger partial charge in [0.25, 0.3) is 0 Å². The predicted octanol–water partition coefficient (Wildman–Crippen LogP) is 3.39. The van der Waals surface area contributed by atoms with Crippen LogP contribution in [-0.4, -0.2) is 11.7 Å². The summed E-state index contributed by atoms with van der Waals surface area (Å²) in [5.74, 6) is 1.82. The van der Waals surface area contributed by atoms with Crippen LogP contribution in [0.3, 0.4) is 0 Å². The van der Waals surface area contributed by atoms with Crippen molar-refractivity contribution in [1.29, 1.82) is 0 Å².